The van der Waals surface area contributed by atoms with Crippen molar-refractivity contribution in [2.45, 2.75) is 64.7 Å². The molecule has 1 heterocycles. The fourth-order valence-corrected chi connectivity index (χ4v) is 4.71. The summed E-state index contributed by atoms with van der Waals surface area (Å²) >= 11 is 1.93. The van der Waals surface area contributed by atoms with Gasteiger partial charge in [-0.25, -0.2) is 0 Å². The van der Waals surface area contributed by atoms with Gasteiger partial charge in [0.05, 0.1) is 0 Å². The van der Waals surface area contributed by atoms with Crippen molar-refractivity contribution in [3.8, 4) is 0 Å². The van der Waals surface area contributed by atoms with Gasteiger partial charge >= 0.3 is 0 Å². The first kappa shape index (κ1) is 14.8. The molecule has 3 rings (SSSR count). The maximum atomic E-state index is 2.49. The Balaban J connectivity index is 1.96. The zero-order chi connectivity index (χ0) is 14.7. The van der Waals surface area contributed by atoms with Gasteiger partial charge in [-0.1, -0.05) is 50.3 Å². The van der Waals surface area contributed by atoms with Crippen LogP contribution in [0.3, 0.4) is 0 Å². The van der Waals surface area contributed by atoms with Crippen molar-refractivity contribution < 1.29 is 0 Å². The lowest BCUT2D eigenvalue weighted by Gasteiger charge is -2.20. The summed E-state index contributed by atoms with van der Waals surface area (Å²) in [6, 6.07) is 7.23. The summed E-state index contributed by atoms with van der Waals surface area (Å²) < 4.78 is 1.44. The summed E-state index contributed by atoms with van der Waals surface area (Å²) in [7, 11) is 0. The molecule has 1 aromatic heterocycles. The molecule has 112 valence electrons. The van der Waals surface area contributed by atoms with E-state index in [1.807, 2.05) is 11.3 Å². The molecule has 0 radical (unpaired) electrons. The lowest BCUT2D eigenvalue weighted by Crippen LogP contribution is -2.02. The maximum absolute atomic E-state index is 2.49. The van der Waals surface area contributed by atoms with E-state index >= 15 is 0 Å². The second kappa shape index (κ2) is 6.79. The Morgan fingerprint density at radius 3 is 2.48 bits per heavy atom. The molecular weight excluding hydrogens is 272 g/mol. The molecule has 1 aromatic carbocycles. The van der Waals surface area contributed by atoms with Crippen LogP contribution in [-0.4, -0.2) is 0 Å². The number of aryl methyl sites for hydroxylation is 1. The Morgan fingerprint density at radius 1 is 1.05 bits per heavy atom. The zero-order valence-electron chi connectivity index (χ0n) is 13.3. The summed E-state index contributed by atoms with van der Waals surface area (Å²) in [5, 5.41) is 1.47. The molecule has 0 atom stereocenters. The Bertz CT molecular complexity index is 625. The number of allylic oxidation sites excluding steroid dienone is 1. The molecule has 0 N–H and O–H groups in total. The first-order valence-electron chi connectivity index (χ1n) is 8.45. The number of hydrogen-bond acceptors (Lipinski definition) is 1. The largest absolute Gasteiger partial charge is 0.140 e. The van der Waals surface area contributed by atoms with Crippen LogP contribution in [-0.2, 0) is 0 Å². The van der Waals surface area contributed by atoms with E-state index in [1.54, 1.807) is 5.56 Å². The van der Waals surface area contributed by atoms with Gasteiger partial charge < -0.3 is 0 Å². The highest BCUT2D eigenvalue weighted by molar-refractivity contribution is 7.19. The Morgan fingerprint density at radius 2 is 1.76 bits per heavy atom. The van der Waals surface area contributed by atoms with Crippen LogP contribution in [0.5, 0.6) is 0 Å². The fourth-order valence-electron chi connectivity index (χ4n) is 3.67. The summed E-state index contributed by atoms with van der Waals surface area (Å²) in [5.41, 5.74) is 3.01. The standard InChI is InChI=1S/C20H26S/c1-3-9-18-15(2)21-20-13-12-17(14-19(18)20)16-10-7-5-4-6-8-11-16/h3,9,12-14,16H,4-8,10-11H2,1-2H3/b9-3-. The quantitative estimate of drug-likeness (QED) is 0.556. The minimum atomic E-state index is 0.786. The normalized spacial score (nSPS) is 18.2. The van der Waals surface area contributed by atoms with Crippen molar-refractivity contribution in [2.75, 3.05) is 0 Å². The monoisotopic (exact) mass is 298 g/mol. The second-order valence-corrected chi connectivity index (χ2v) is 7.63. The molecule has 0 unspecified atom stereocenters. The van der Waals surface area contributed by atoms with Gasteiger partial charge in [0.1, 0.15) is 0 Å². The number of hydrogen-bond donors (Lipinski definition) is 0. The second-order valence-electron chi connectivity index (χ2n) is 6.37. The van der Waals surface area contributed by atoms with E-state index in [1.165, 1.54) is 65.5 Å². The summed E-state index contributed by atoms with van der Waals surface area (Å²) in [4.78, 5) is 1.44. The molecule has 1 fully saturated rings. The number of rotatable bonds is 2. The highest BCUT2D eigenvalue weighted by Gasteiger charge is 2.15. The zero-order valence-corrected chi connectivity index (χ0v) is 14.1. The van der Waals surface area contributed by atoms with E-state index in [9.17, 15) is 0 Å². The topological polar surface area (TPSA) is 0 Å². The molecular formula is C20H26S. The van der Waals surface area contributed by atoms with Crippen molar-refractivity contribution in [3.05, 3.63) is 40.3 Å². The average Bonchev–Trinajstić information content (AvgIpc) is 2.75. The van der Waals surface area contributed by atoms with Crippen LogP contribution >= 0.6 is 11.3 Å². The number of benzene rings is 1. The van der Waals surface area contributed by atoms with Gasteiger partial charge in [0, 0.05) is 15.0 Å². The molecule has 1 aliphatic carbocycles. The summed E-state index contributed by atoms with van der Waals surface area (Å²) in [6.07, 6.45) is 14.3. The van der Waals surface area contributed by atoms with Crippen LogP contribution in [0.1, 0.15) is 73.8 Å². The van der Waals surface area contributed by atoms with Crippen LogP contribution in [0.25, 0.3) is 16.2 Å². The molecule has 1 saturated carbocycles. The Kier molecular flexibility index (Phi) is 4.80. The highest BCUT2D eigenvalue weighted by atomic mass is 32.1. The molecule has 21 heavy (non-hydrogen) atoms. The lowest BCUT2D eigenvalue weighted by molar-refractivity contribution is 0.456. The number of thiophene rings is 1. The van der Waals surface area contributed by atoms with Gasteiger partial charge in [0.25, 0.3) is 0 Å². The third-order valence-corrected chi connectivity index (χ3v) is 5.95. The molecule has 0 amide bonds. The van der Waals surface area contributed by atoms with Crippen molar-refractivity contribution in [1.29, 1.82) is 0 Å². The van der Waals surface area contributed by atoms with Crippen LogP contribution in [0.2, 0.25) is 0 Å². The third-order valence-electron chi connectivity index (χ3n) is 4.85. The highest BCUT2D eigenvalue weighted by Crippen LogP contribution is 2.37. The summed E-state index contributed by atoms with van der Waals surface area (Å²) in [5.74, 6) is 0.786. The molecule has 1 aliphatic rings. The van der Waals surface area contributed by atoms with Crippen molar-refractivity contribution >= 4 is 27.5 Å². The van der Waals surface area contributed by atoms with Crippen molar-refractivity contribution in [1.82, 2.24) is 0 Å². The van der Waals surface area contributed by atoms with Crippen molar-refractivity contribution in [2.24, 2.45) is 0 Å². The Hall–Kier alpha value is -1.08. The predicted molar refractivity (Wildman–Crippen MR) is 96.3 cm³/mol. The molecule has 0 spiro atoms. The molecule has 0 bridgehead atoms. The van der Waals surface area contributed by atoms with Gasteiger partial charge in [-0.2, -0.15) is 0 Å². The number of fused-ring (bicyclic) bond motifs is 1. The van der Waals surface area contributed by atoms with E-state index in [-0.39, 0.29) is 0 Å². The first-order chi connectivity index (χ1) is 10.3. The molecule has 1 heteroatoms. The first-order valence-corrected chi connectivity index (χ1v) is 9.27. The van der Waals surface area contributed by atoms with E-state index in [0.29, 0.717) is 0 Å². The maximum Gasteiger partial charge on any atom is 0.0351 e. The average molecular weight is 298 g/mol. The van der Waals surface area contributed by atoms with E-state index < -0.39 is 0 Å². The van der Waals surface area contributed by atoms with Crippen LogP contribution < -0.4 is 0 Å². The molecule has 0 aliphatic heterocycles. The van der Waals surface area contributed by atoms with E-state index in [4.69, 9.17) is 0 Å². The third kappa shape index (κ3) is 3.23. The molecule has 0 nitrogen and oxygen atoms in total. The minimum absolute atomic E-state index is 0.786. The van der Waals surface area contributed by atoms with Gasteiger partial charge in [-0.05, 0) is 55.9 Å². The van der Waals surface area contributed by atoms with Crippen molar-refractivity contribution in [3.63, 3.8) is 0 Å². The van der Waals surface area contributed by atoms with Crippen LogP contribution in [0.15, 0.2) is 24.3 Å². The minimum Gasteiger partial charge on any atom is -0.140 e. The van der Waals surface area contributed by atoms with Crippen LogP contribution in [0.4, 0.5) is 0 Å². The summed E-state index contributed by atoms with van der Waals surface area (Å²) in [6.45, 7) is 4.36. The van der Waals surface area contributed by atoms with Gasteiger partial charge in [0.15, 0.2) is 0 Å². The molecule has 0 saturated heterocycles. The fraction of sp³-hybridized carbons (Fsp3) is 0.500. The predicted octanol–water partition coefficient (Wildman–Crippen LogP) is 7.07. The Labute approximate surface area is 132 Å². The van der Waals surface area contributed by atoms with Gasteiger partial charge in [-0.3, -0.25) is 0 Å². The molecule has 2 aromatic rings. The van der Waals surface area contributed by atoms with Gasteiger partial charge in [-0.15, -0.1) is 11.3 Å². The van der Waals surface area contributed by atoms with Gasteiger partial charge in [0.2, 0.25) is 0 Å². The smallest absolute Gasteiger partial charge is 0.0351 e. The SMILES string of the molecule is C/C=C\c1c(C)sc2ccc(C3CCCCCCC3)cc12. The van der Waals surface area contributed by atoms with Crippen LogP contribution in [0, 0.1) is 6.92 Å². The van der Waals surface area contributed by atoms with E-state index in [0.717, 1.165) is 5.92 Å². The van der Waals surface area contributed by atoms with E-state index in [2.05, 4.69) is 44.2 Å². The lowest BCUT2D eigenvalue weighted by atomic mass is 9.85.